The van der Waals surface area contributed by atoms with Gasteiger partial charge in [0.2, 0.25) is 0 Å². The van der Waals surface area contributed by atoms with Gasteiger partial charge in [-0.3, -0.25) is 10.1 Å². The number of primary amides is 1. The van der Waals surface area contributed by atoms with E-state index in [1.165, 1.54) is 0 Å². The molecule has 2 aromatic rings. The van der Waals surface area contributed by atoms with Crippen molar-refractivity contribution in [1.29, 1.82) is 0 Å². The smallest absolute Gasteiger partial charge is 0.272 e. The van der Waals surface area contributed by atoms with E-state index >= 15 is 0 Å². The van der Waals surface area contributed by atoms with Crippen LogP contribution in [0.25, 0.3) is 10.9 Å². The molecule has 0 saturated carbocycles. The Morgan fingerprint density at radius 2 is 2.26 bits per heavy atom. The number of amides is 1. The summed E-state index contributed by atoms with van der Waals surface area (Å²) < 4.78 is 2.04. The number of hydrogen-bond donors (Lipinski definition) is 5. The van der Waals surface area contributed by atoms with E-state index in [4.69, 9.17) is 5.73 Å². The van der Waals surface area contributed by atoms with Crippen molar-refractivity contribution in [2.75, 3.05) is 18.4 Å². The van der Waals surface area contributed by atoms with Gasteiger partial charge in [0.25, 0.3) is 5.91 Å². The van der Waals surface area contributed by atoms with Gasteiger partial charge in [-0.15, -0.1) is 10.2 Å². The second-order valence-corrected chi connectivity index (χ2v) is 6.85. The lowest BCUT2D eigenvalue weighted by atomic mass is 10.1. The van der Waals surface area contributed by atoms with Crippen LogP contribution in [0.3, 0.4) is 0 Å². The fourth-order valence-corrected chi connectivity index (χ4v) is 3.51. The molecule has 0 radical (unpaired) electrons. The topological polar surface area (TPSA) is 121 Å². The second-order valence-electron chi connectivity index (χ2n) is 6.85. The van der Waals surface area contributed by atoms with Crippen LogP contribution in [0.2, 0.25) is 0 Å². The molecule has 9 heteroatoms. The minimum Gasteiger partial charge on any atom is -0.364 e. The first-order chi connectivity index (χ1) is 13.1. The van der Waals surface area contributed by atoms with Crippen LogP contribution in [-0.4, -0.2) is 35.9 Å². The summed E-state index contributed by atoms with van der Waals surface area (Å²) in [4.78, 5) is 11.8. The van der Waals surface area contributed by atoms with E-state index in [2.05, 4.69) is 31.5 Å². The number of nitrogens with one attached hydrogen (secondary N) is 4. The SMILES string of the molecule is Cn1ccc2c(NC3=C(C(N)=O)N=NC(N[C@@H]4CCCNC4)N3)cccc21. The van der Waals surface area contributed by atoms with Crippen LogP contribution in [-0.2, 0) is 11.8 Å². The number of azo groups is 1. The lowest BCUT2D eigenvalue weighted by Gasteiger charge is -2.30. The number of anilines is 1. The maximum absolute atomic E-state index is 11.8. The Balaban J connectivity index is 1.57. The minimum atomic E-state index is -0.633. The molecule has 1 fully saturated rings. The van der Waals surface area contributed by atoms with E-state index in [1.54, 1.807) is 0 Å². The van der Waals surface area contributed by atoms with Crippen LogP contribution < -0.4 is 27.0 Å². The number of fused-ring (bicyclic) bond motifs is 1. The first-order valence-electron chi connectivity index (χ1n) is 9.11. The van der Waals surface area contributed by atoms with Gasteiger partial charge in [0.05, 0.1) is 0 Å². The molecule has 1 unspecified atom stereocenters. The van der Waals surface area contributed by atoms with Crippen LogP contribution in [0.1, 0.15) is 12.8 Å². The third kappa shape index (κ3) is 3.64. The molecular formula is C18H24N8O. The van der Waals surface area contributed by atoms with Gasteiger partial charge < -0.3 is 26.3 Å². The quantitative estimate of drug-likeness (QED) is 0.537. The van der Waals surface area contributed by atoms with Gasteiger partial charge in [-0.2, -0.15) is 0 Å². The highest BCUT2D eigenvalue weighted by atomic mass is 16.1. The Bertz CT molecular complexity index is 909. The molecular weight excluding hydrogens is 344 g/mol. The Morgan fingerprint density at radius 1 is 1.37 bits per heavy atom. The summed E-state index contributed by atoms with van der Waals surface area (Å²) in [7, 11) is 1.99. The predicted molar refractivity (Wildman–Crippen MR) is 104 cm³/mol. The molecule has 2 atom stereocenters. The highest BCUT2D eigenvalue weighted by Gasteiger charge is 2.24. The molecule has 1 amide bonds. The number of carbonyl (C=O) groups is 1. The van der Waals surface area contributed by atoms with Crippen molar-refractivity contribution in [3.05, 3.63) is 42.0 Å². The number of aryl methyl sites for hydroxylation is 1. The van der Waals surface area contributed by atoms with E-state index in [-0.39, 0.29) is 5.70 Å². The number of hydrogen-bond acceptors (Lipinski definition) is 7. The number of carbonyl (C=O) groups excluding carboxylic acids is 1. The van der Waals surface area contributed by atoms with E-state index in [9.17, 15) is 4.79 Å². The zero-order chi connectivity index (χ0) is 18.8. The Morgan fingerprint density at radius 3 is 3.04 bits per heavy atom. The van der Waals surface area contributed by atoms with Gasteiger partial charge in [0, 0.05) is 42.4 Å². The van der Waals surface area contributed by atoms with E-state index < -0.39 is 12.2 Å². The van der Waals surface area contributed by atoms with Crippen LogP contribution in [0.15, 0.2) is 52.2 Å². The van der Waals surface area contributed by atoms with Gasteiger partial charge >= 0.3 is 0 Å². The van der Waals surface area contributed by atoms with Crippen molar-refractivity contribution in [3.63, 3.8) is 0 Å². The Hall–Kier alpha value is -2.91. The lowest BCUT2D eigenvalue weighted by molar-refractivity contribution is -0.114. The number of rotatable bonds is 5. The number of nitrogens with zero attached hydrogens (tertiary/aromatic N) is 3. The molecule has 6 N–H and O–H groups in total. The van der Waals surface area contributed by atoms with E-state index in [0.717, 1.165) is 42.5 Å². The van der Waals surface area contributed by atoms with Crippen molar-refractivity contribution in [2.45, 2.75) is 25.2 Å². The van der Waals surface area contributed by atoms with Crippen LogP contribution in [0, 0.1) is 0 Å². The maximum Gasteiger partial charge on any atom is 0.272 e. The average Bonchev–Trinajstić information content (AvgIpc) is 3.05. The van der Waals surface area contributed by atoms with Gasteiger partial charge in [-0.25, -0.2) is 0 Å². The zero-order valence-corrected chi connectivity index (χ0v) is 15.2. The van der Waals surface area contributed by atoms with Crippen LogP contribution >= 0.6 is 0 Å². The molecule has 142 valence electrons. The van der Waals surface area contributed by atoms with Gasteiger partial charge in [0.1, 0.15) is 5.82 Å². The second kappa shape index (κ2) is 7.37. The largest absolute Gasteiger partial charge is 0.364 e. The molecule has 1 saturated heterocycles. The fraction of sp³-hybridized carbons (Fsp3) is 0.389. The van der Waals surface area contributed by atoms with Crippen molar-refractivity contribution >= 4 is 22.5 Å². The third-order valence-electron chi connectivity index (χ3n) is 4.90. The third-order valence-corrected chi connectivity index (χ3v) is 4.90. The fourth-order valence-electron chi connectivity index (χ4n) is 3.51. The Kier molecular flexibility index (Phi) is 4.78. The van der Waals surface area contributed by atoms with Crippen molar-refractivity contribution in [2.24, 2.45) is 23.0 Å². The molecule has 0 spiro atoms. The molecule has 2 aliphatic rings. The van der Waals surface area contributed by atoms with Gasteiger partial charge in [-0.05, 0) is 37.6 Å². The molecule has 2 aliphatic heterocycles. The average molecular weight is 368 g/mol. The van der Waals surface area contributed by atoms with Crippen molar-refractivity contribution in [3.8, 4) is 0 Å². The molecule has 1 aromatic heterocycles. The van der Waals surface area contributed by atoms with E-state index in [1.807, 2.05) is 42.1 Å². The summed E-state index contributed by atoms with van der Waals surface area (Å²) in [5.41, 5.74) is 7.53. The molecule has 3 heterocycles. The Labute approximate surface area is 157 Å². The number of nitrogens with two attached hydrogens (primary N) is 1. The lowest BCUT2D eigenvalue weighted by Crippen LogP contribution is -2.53. The van der Waals surface area contributed by atoms with E-state index in [0.29, 0.717) is 11.9 Å². The molecule has 9 nitrogen and oxygen atoms in total. The summed E-state index contributed by atoms with van der Waals surface area (Å²) in [5, 5.41) is 22.5. The molecule has 27 heavy (non-hydrogen) atoms. The molecule has 1 aromatic carbocycles. The summed E-state index contributed by atoms with van der Waals surface area (Å²) in [6.07, 6.45) is 3.76. The predicted octanol–water partition coefficient (Wildman–Crippen LogP) is 0.925. The number of piperidine rings is 1. The highest BCUT2D eigenvalue weighted by molar-refractivity contribution is 5.95. The normalized spacial score (nSPS) is 22.7. The minimum absolute atomic E-state index is 0.0859. The summed E-state index contributed by atoms with van der Waals surface area (Å²) in [6.45, 7) is 1.92. The van der Waals surface area contributed by atoms with Gasteiger partial charge in [0.15, 0.2) is 12.0 Å². The first-order valence-corrected chi connectivity index (χ1v) is 9.11. The number of benzene rings is 1. The van der Waals surface area contributed by atoms with Crippen molar-refractivity contribution < 1.29 is 4.79 Å². The zero-order valence-electron chi connectivity index (χ0n) is 15.2. The number of aromatic nitrogens is 1. The molecule has 0 aliphatic carbocycles. The van der Waals surface area contributed by atoms with Crippen LogP contribution in [0.5, 0.6) is 0 Å². The molecule has 4 rings (SSSR count). The van der Waals surface area contributed by atoms with Gasteiger partial charge in [-0.1, -0.05) is 6.07 Å². The first kappa shape index (κ1) is 17.5. The molecule has 0 bridgehead atoms. The van der Waals surface area contributed by atoms with Crippen LogP contribution in [0.4, 0.5) is 5.69 Å². The highest BCUT2D eigenvalue weighted by Crippen LogP contribution is 2.26. The van der Waals surface area contributed by atoms with Crippen molar-refractivity contribution in [1.82, 2.24) is 20.5 Å². The summed E-state index contributed by atoms with van der Waals surface area (Å²) >= 11 is 0. The summed E-state index contributed by atoms with van der Waals surface area (Å²) in [6, 6.07) is 8.27. The summed E-state index contributed by atoms with van der Waals surface area (Å²) in [5.74, 6) is -0.179. The standard InChI is InChI=1S/C18H24N8O/c1-26-9-7-12-13(5-2-6-14(12)26)22-17-15(16(19)27)24-25-18(23-17)21-11-4-3-8-20-10-11/h2,5-7,9,11,18,20-23H,3-4,8,10H2,1H3,(H2,19,27)/t11-,18?/m1/s1. The maximum atomic E-state index is 11.8. The monoisotopic (exact) mass is 368 g/mol.